The second-order valence-electron chi connectivity index (χ2n) is 6.67. The summed E-state index contributed by atoms with van der Waals surface area (Å²) in [5.41, 5.74) is 2.04. The molecule has 0 amide bonds. The maximum absolute atomic E-state index is 12.8. The maximum atomic E-state index is 12.8. The number of aryl methyl sites for hydroxylation is 1. The van der Waals surface area contributed by atoms with Gasteiger partial charge in [-0.15, -0.1) is 0 Å². The number of carbonyl (C=O) groups excluding carboxylic acids is 1. The summed E-state index contributed by atoms with van der Waals surface area (Å²) in [6.07, 6.45) is 6.29. The van der Waals surface area contributed by atoms with Crippen molar-refractivity contribution in [2.24, 2.45) is 11.3 Å². The van der Waals surface area contributed by atoms with Crippen molar-refractivity contribution in [3.05, 3.63) is 35.4 Å². The van der Waals surface area contributed by atoms with Crippen molar-refractivity contribution in [3.8, 4) is 0 Å². The molecule has 0 N–H and O–H groups in total. The van der Waals surface area contributed by atoms with Crippen LogP contribution in [0.3, 0.4) is 0 Å². The van der Waals surface area contributed by atoms with E-state index >= 15 is 0 Å². The predicted molar refractivity (Wildman–Crippen MR) is 79.2 cm³/mol. The van der Waals surface area contributed by atoms with Gasteiger partial charge in [-0.3, -0.25) is 4.79 Å². The van der Waals surface area contributed by atoms with Gasteiger partial charge in [0.25, 0.3) is 0 Å². The van der Waals surface area contributed by atoms with Crippen LogP contribution in [0.2, 0.25) is 0 Å². The zero-order chi connectivity index (χ0) is 14.3. The summed E-state index contributed by atoms with van der Waals surface area (Å²) in [6, 6.07) is 8.07. The van der Waals surface area contributed by atoms with Gasteiger partial charge in [-0.25, -0.2) is 0 Å². The Bertz CT molecular complexity index is 547. The third-order valence-corrected chi connectivity index (χ3v) is 5.41. The summed E-state index contributed by atoms with van der Waals surface area (Å²) >= 11 is 0. The maximum Gasteiger partial charge on any atom is 0.169 e. The van der Waals surface area contributed by atoms with E-state index in [0.29, 0.717) is 18.3 Å². The molecule has 0 bridgehead atoms. The summed E-state index contributed by atoms with van der Waals surface area (Å²) in [6.45, 7) is 1.49. The van der Waals surface area contributed by atoms with Crippen molar-refractivity contribution in [2.45, 2.75) is 44.8 Å². The molecule has 3 nitrogen and oxygen atoms in total. The van der Waals surface area contributed by atoms with Crippen LogP contribution in [-0.4, -0.2) is 25.3 Å². The molecular weight excluding hydrogens is 264 g/mol. The zero-order valence-corrected chi connectivity index (χ0v) is 12.3. The van der Waals surface area contributed by atoms with Gasteiger partial charge in [-0.1, -0.05) is 24.3 Å². The van der Waals surface area contributed by atoms with E-state index in [2.05, 4.69) is 6.07 Å². The highest BCUT2D eigenvalue weighted by atomic mass is 16.7. The van der Waals surface area contributed by atoms with Gasteiger partial charge in [0.05, 0.1) is 6.61 Å². The second-order valence-corrected chi connectivity index (χ2v) is 6.67. The van der Waals surface area contributed by atoms with Crippen LogP contribution in [0, 0.1) is 11.3 Å². The lowest BCUT2D eigenvalue weighted by Gasteiger charge is -2.26. The smallest absolute Gasteiger partial charge is 0.169 e. The monoisotopic (exact) mass is 286 g/mol. The molecule has 3 aliphatic rings. The lowest BCUT2D eigenvalue weighted by Crippen LogP contribution is -2.28. The van der Waals surface area contributed by atoms with Crippen LogP contribution < -0.4 is 0 Å². The standard InChI is InChI=1S/C18H22O3/c19-17-15-6-2-1-5-13(15)8-9-18(17)11-14(18)12-21-16-7-3-4-10-20-16/h1-2,5-6,14,16H,3-4,7-12H2. The first kappa shape index (κ1) is 13.5. The van der Waals surface area contributed by atoms with Crippen LogP contribution in [0.1, 0.15) is 48.0 Å². The molecule has 2 fully saturated rings. The molecule has 3 atom stereocenters. The molecule has 1 saturated carbocycles. The molecule has 1 aromatic carbocycles. The van der Waals surface area contributed by atoms with Gasteiger partial charge in [0.2, 0.25) is 0 Å². The summed E-state index contributed by atoms with van der Waals surface area (Å²) in [7, 11) is 0. The number of hydrogen-bond acceptors (Lipinski definition) is 3. The van der Waals surface area contributed by atoms with Crippen molar-refractivity contribution >= 4 is 5.78 Å². The third-order valence-electron chi connectivity index (χ3n) is 5.41. The fourth-order valence-corrected chi connectivity index (χ4v) is 3.95. The van der Waals surface area contributed by atoms with E-state index in [1.54, 1.807) is 0 Å². The first-order valence-corrected chi connectivity index (χ1v) is 8.15. The predicted octanol–water partition coefficient (Wildman–Crippen LogP) is 3.37. The van der Waals surface area contributed by atoms with Crippen LogP contribution in [-0.2, 0) is 15.9 Å². The lowest BCUT2D eigenvalue weighted by atomic mass is 9.79. The van der Waals surface area contributed by atoms with E-state index in [4.69, 9.17) is 9.47 Å². The summed E-state index contributed by atoms with van der Waals surface area (Å²) in [5, 5.41) is 0. The number of Topliss-reactive ketones (excluding diaryl/α,β-unsaturated/α-hetero) is 1. The number of rotatable bonds is 3. The average Bonchev–Trinajstić information content (AvgIpc) is 3.25. The summed E-state index contributed by atoms with van der Waals surface area (Å²) < 4.78 is 11.5. The number of fused-ring (bicyclic) bond motifs is 1. The molecule has 0 radical (unpaired) electrons. The van der Waals surface area contributed by atoms with Gasteiger partial charge in [-0.05, 0) is 50.0 Å². The lowest BCUT2D eigenvalue weighted by molar-refractivity contribution is -0.165. The Hall–Kier alpha value is -1.19. The highest BCUT2D eigenvalue weighted by Gasteiger charge is 2.60. The molecule has 1 aliphatic heterocycles. The van der Waals surface area contributed by atoms with Crippen LogP contribution in [0.15, 0.2) is 24.3 Å². The molecule has 1 saturated heterocycles. The van der Waals surface area contributed by atoms with Crippen LogP contribution in [0.4, 0.5) is 0 Å². The fourth-order valence-electron chi connectivity index (χ4n) is 3.95. The third kappa shape index (κ3) is 2.33. The second kappa shape index (κ2) is 5.22. The SMILES string of the molecule is O=C1c2ccccc2CCC12CC2COC1CCCCO1. The normalized spacial score (nSPS) is 34.8. The van der Waals surface area contributed by atoms with Crippen LogP contribution in [0.25, 0.3) is 0 Å². The Morgan fingerprint density at radius 1 is 1.29 bits per heavy atom. The Morgan fingerprint density at radius 3 is 3.05 bits per heavy atom. The van der Waals surface area contributed by atoms with Crippen molar-refractivity contribution in [3.63, 3.8) is 0 Å². The zero-order valence-electron chi connectivity index (χ0n) is 12.3. The minimum Gasteiger partial charge on any atom is -0.353 e. The van der Waals surface area contributed by atoms with Crippen molar-refractivity contribution in [2.75, 3.05) is 13.2 Å². The fraction of sp³-hybridized carbons (Fsp3) is 0.611. The van der Waals surface area contributed by atoms with E-state index in [9.17, 15) is 4.79 Å². The van der Waals surface area contributed by atoms with Crippen LogP contribution >= 0.6 is 0 Å². The molecular formula is C18H22O3. The van der Waals surface area contributed by atoms with Gasteiger partial charge in [0.15, 0.2) is 12.1 Å². The molecule has 3 heteroatoms. The Kier molecular flexibility index (Phi) is 3.35. The number of benzene rings is 1. The quantitative estimate of drug-likeness (QED) is 0.854. The topological polar surface area (TPSA) is 35.5 Å². The van der Waals surface area contributed by atoms with E-state index < -0.39 is 0 Å². The largest absolute Gasteiger partial charge is 0.353 e. The minimum atomic E-state index is -0.122. The van der Waals surface area contributed by atoms with Gasteiger partial charge in [-0.2, -0.15) is 0 Å². The van der Waals surface area contributed by atoms with Crippen molar-refractivity contribution < 1.29 is 14.3 Å². The number of hydrogen-bond donors (Lipinski definition) is 0. The van der Waals surface area contributed by atoms with Gasteiger partial charge >= 0.3 is 0 Å². The van der Waals surface area contributed by atoms with Crippen molar-refractivity contribution in [1.82, 2.24) is 0 Å². The summed E-state index contributed by atoms with van der Waals surface area (Å²) in [4.78, 5) is 12.8. The number of ketones is 1. The molecule has 4 rings (SSSR count). The van der Waals surface area contributed by atoms with Gasteiger partial charge < -0.3 is 9.47 Å². The van der Waals surface area contributed by atoms with E-state index in [1.165, 1.54) is 12.0 Å². The van der Waals surface area contributed by atoms with Gasteiger partial charge in [0, 0.05) is 17.6 Å². The number of ether oxygens (including phenoxy) is 2. The van der Waals surface area contributed by atoms with E-state index in [1.807, 2.05) is 18.2 Å². The molecule has 0 aromatic heterocycles. The molecule has 1 spiro atoms. The van der Waals surface area contributed by atoms with Crippen LogP contribution in [0.5, 0.6) is 0 Å². The first-order chi connectivity index (χ1) is 10.3. The van der Waals surface area contributed by atoms with Gasteiger partial charge in [0.1, 0.15) is 0 Å². The minimum absolute atomic E-state index is 0.0395. The molecule has 1 aromatic rings. The molecule has 21 heavy (non-hydrogen) atoms. The van der Waals surface area contributed by atoms with E-state index in [-0.39, 0.29) is 11.7 Å². The van der Waals surface area contributed by atoms with Crippen molar-refractivity contribution in [1.29, 1.82) is 0 Å². The molecule has 1 heterocycles. The Balaban J connectivity index is 1.40. The Morgan fingerprint density at radius 2 is 2.19 bits per heavy atom. The average molecular weight is 286 g/mol. The molecule has 112 valence electrons. The first-order valence-electron chi connectivity index (χ1n) is 8.15. The molecule has 2 aliphatic carbocycles. The highest BCUT2D eigenvalue weighted by molar-refractivity contribution is 6.04. The number of carbonyl (C=O) groups is 1. The van der Waals surface area contributed by atoms with E-state index in [0.717, 1.165) is 44.3 Å². The Labute approximate surface area is 125 Å². The highest BCUT2D eigenvalue weighted by Crippen LogP contribution is 2.59. The molecule has 3 unspecified atom stereocenters. The summed E-state index contributed by atoms with van der Waals surface area (Å²) in [5.74, 6) is 0.742.